The molecule has 0 aromatic rings. The Kier molecular flexibility index (Phi) is 5.81. The molecule has 0 aromatic carbocycles. The number of amides is 1. The van der Waals surface area contributed by atoms with Crippen LogP contribution in [-0.4, -0.2) is 25.0 Å². The van der Waals surface area contributed by atoms with Gasteiger partial charge in [-0.25, -0.2) is 0 Å². The zero-order valence-electron chi connectivity index (χ0n) is 10.9. The molecule has 0 atom stereocenters. The van der Waals surface area contributed by atoms with Gasteiger partial charge in [0.25, 0.3) is 0 Å². The second-order valence-electron chi connectivity index (χ2n) is 5.19. The lowest BCUT2D eigenvalue weighted by Crippen LogP contribution is -2.41. The van der Waals surface area contributed by atoms with Gasteiger partial charge in [0.2, 0.25) is 5.91 Å². The number of nitrogens with one attached hydrogen (secondary N) is 2. The van der Waals surface area contributed by atoms with E-state index < -0.39 is 0 Å². The van der Waals surface area contributed by atoms with E-state index in [1.54, 1.807) is 0 Å². The summed E-state index contributed by atoms with van der Waals surface area (Å²) in [6, 6.07) is 0.553. The Balaban J connectivity index is 2.15. The lowest BCUT2D eigenvalue weighted by atomic mass is 9.80. The molecular weight excluding hydrogens is 200 g/mol. The van der Waals surface area contributed by atoms with Crippen molar-refractivity contribution < 1.29 is 4.79 Å². The number of carbonyl (C=O) groups excluding carboxylic acids is 1. The van der Waals surface area contributed by atoms with E-state index in [4.69, 9.17) is 0 Å². The first kappa shape index (κ1) is 13.5. The van der Waals surface area contributed by atoms with Gasteiger partial charge in [0.05, 0.1) is 6.54 Å². The predicted molar refractivity (Wildman–Crippen MR) is 67.3 cm³/mol. The van der Waals surface area contributed by atoms with E-state index in [1.807, 2.05) is 6.92 Å². The Morgan fingerprint density at radius 2 is 1.88 bits per heavy atom. The van der Waals surface area contributed by atoms with Crippen LogP contribution in [-0.2, 0) is 4.79 Å². The third kappa shape index (κ3) is 4.52. The summed E-state index contributed by atoms with van der Waals surface area (Å²) in [5.41, 5.74) is 0. The Hall–Kier alpha value is -0.570. The standard InChI is InChI=1S/C13H26N2O/c1-4-14-13(16)9-15-12-7-5-11(6-8-12)10(2)3/h10-12,15H,4-9H2,1-3H3,(H,14,16). The fourth-order valence-corrected chi connectivity index (χ4v) is 2.49. The molecule has 1 rings (SSSR count). The van der Waals surface area contributed by atoms with Gasteiger partial charge < -0.3 is 10.6 Å². The van der Waals surface area contributed by atoms with Crippen molar-refractivity contribution in [3.8, 4) is 0 Å². The van der Waals surface area contributed by atoms with Gasteiger partial charge >= 0.3 is 0 Å². The van der Waals surface area contributed by atoms with Crippen LogP contribution in [0.25, 0.3) is 0 Å². The molecule has 94 valence electrons. The maximum atomic E-state index is 11.3. The van der Waals surface area contributed by atoms with E-state index >= 15 is 0 Å². The van der Waals surface area contributed by atoms with E-state index in [-0.39, 0.29) is 5.91 Å². The van der Waals surface area contributed by atoms with Crippen LogP contribution in [0.4, 0.5) is 0 Å². The van der Waals surface area contributed by atoms with Gasteiger partial charge in [0.1, 0.15) is 0 Å². The summed E-state index contributed by atoms with van der Waals surface area (Å²) < 4.78 is 0. The first-order valence-corrected chi connectivity index (χ1v) is 6.63. The van der Waals surface area contributed by atoms with Crippen molar-refractivity contribution in [3.05, 3.63) is 0 Å². The van der Waals surface area contributed by atoms with Crippen LogP contribution in [0.5, 0.6) is 0 Å². The molecule has 0 aliphatic heterocycles. The van der Waals surface area contributed by atoms with E-state index in [2.05, 4.69) is 24.5 Å². The highest BCUT2D eigenvalue weighted by molar-refractivity contribution is 5.77. The molecule has 2 N–H and O–H groups in total. The minimum absolute atomic E-state index is 0.119. The number of rotatable bonds is 5. The van der Waals surface area contributed by atoms with Crippen molar-refractivity contribution >= 4 is 5.91 Å². The molecule has 1 saturated carbocycles. The number of hydrogen-bond acceptors (Lipinski definition) is 2. The van der Waals surface area contributed by atoms with E-state index in [9.17, 15) is 4.79 Å². The van der Waals surface area contributed by atoms with Gasteiger partial charge in [-0.15, -0.1) is 0 Å². The normalized spacial score (nSPS) is 25.8. The topological polar surface area (TPSA) is 41.1 Å². The van der Waals surface area contributed by atoms with Crippen molar-refractivity contribution in [2.24, 2.45) is 11.8 Å². The molecule has 1 aliphatic rings. The lowest BCUT2D eigenvalue weighted by Gasteiger charge is -2.31. The van der Waals surface area contributed by atoms with E-state index in [0.717, 1.165) is 18.4 Å². The summed E-state index contributed by atoms with van der Waals surface area (Å²) in [5, 5.41) is 6.16. The van der Waals surface area contributed by atoms with Crippen molar-refractivity contribution in [3.63, 3.8) is 0 Å². The van der Waals surface area contributed by atoms with Gasteiger partial charge in [0, 0.05) is 12.6 Å². The maximum Gasteiger partial charge on any atom is 0.233 e. The van der Waals surface area contributed by atoms with Gasteiger partial charge in [-0.2, -0.15) is 0 Å². The quantitative estimate of drug-likeness (QED) is 0.752. The van der Waals surface area contributed by atoms with Crippen LogP contribution in [0.1, 0.15) is 46.5 Å². The summed E-state index contributed by atoms with van der Waals surface area (Å²) in [7, 11) is 0. The molecule has 0 spiro atoms. The summed E-state index contributed by atoms with van der Waals surface area (Å²) >= 11 is 0. The highest BCUT2D eigenvalue weighted by atomic mass is 16.1. The van der Waals surface area contributed by atoms with Crippen LogP contribution in [0.3, 0.4) is 0 Å². The molecule has 0 saturated heterocycles. The van der Waals surface area contributed by atoms with Gasteiger partial charge in [0.15, 0.2) is 0 Å². The smallest absolute Gasteiger partial charge is 0.233 e. The zero-order valence-corrected chi connectivity index (χ0v) is 10.9. The molecule has 1 fully saturated rings. The average Bonchev–Trinajstić information content (AvgIpc) is 2.27. The molecule has 0 unspecified atom stereocenters. The van der Waals surface area contributed by atoms with Crippen molar-refractivity contribution in [1.29, 1.82) is 0 Å². The SMILES string of the molecule is CCNC(=O)CNC1CCC(C(C)C)CC1. The van der Waals surface area contributed by atoms with Crippen molar-refractivity contribution in [2.75, 3.05) is 13.1 Å². The van der Waals surface area contributed by atoms with Crippen molar-refractivity contribution in [1.82, 2.24) is 10.6 Å². The largest absolute Gasteiger partial charge is 0.355 e. The Bertz CT molecular complexity index is 208. The number of likely N-dealkylation sites (N-methyl/N-ethyl adjacent to an activating group) is 1. The molecule has 3 nitrogen and oxygen atoms in total. The predicted octanol–water partition coefficient (Wildman–Crippen LogP) is 1.93. The minimum atomic E-state index is 0.119. The first-order valence-electron chi connectivity index (χ1n) is 6.63. The Labute approximate surface area is 99.4 Å². The minimum Gasteiger partial charge on any atom is -0.355 e. The molecule has 16 heavy (non-hydrogen) atoms. The summed E-state index contributed by atoms with van der Waals surface area (Å²) in [6.45, 7) is 7.78. The monoisotopic (exact) mass is 226 g/mol. The Morgan fingerprint density at radius 3 is 2.38 bits per heavy atom. The molecule has 0 bridgehead atoms. The second-order valence-corrected chi connectivity index (χ2v) is 5.19. The lowest BCUT2D eigenvalue weighted by molar-refractivity contribution is -0.120. The van der Waals surface area contributed by atoms with Crippen LogP contribution >= 0.6 is 0 Å². The number of carbonyl (C=O) groups is 1. The molecule has 0 heterocycles. The molecule has 1 amide bonds. The van der Waals surface area contributed by atoms with Crippen LogP contribution in [0.2, 0.25) is 0 Å². The van der Waals surface area contributed by atoms with Crippen LogP contribution in [0, 0.1) is 11.8 Å². The second kappa shape index (κ2) is 6.89. The van der Waals surface area contributed by atoms with Gasteiger partial charge in [-0.3, -0.25) is 4.79 Å². The molecule has 0 radical (unpaired) electrons. The molecule has 1 aliphatic carbocycles. The molecule has 0 aromatic heterocycles. The van der Waals surface area contributed by atoms with Gasteiger partial charge in [-0.1, -0.05) is 13.8 Å². The van der Waals surface area contributed by atoms with Crippen LogP contribution < -0.4 is 10.6 Å². The first-order chi connectivity index (χ1) is 7.63. The highest BCUT2D eigenvalue weighted by Gasteiger charge is 2.22. The summed E-state index contributed by atoms with van der Waals surface area (Å²) in [5.74, 6) is 1.82. The fourth-order valence-electron chi connectivity index (χ4n) is 2.49. The maximum absolute atomic E-state index is 11.3. The summed E-state index contributed by atoms with van der Waals surface area (Å²) in [6.07, 6.45) is 5.07. The van der Waals surface area contributed by atoms with Crippen molar-refractivity contribution in [2.45, 2.75) is 52.5 Å². The third-order valence-electron chi connectivity index (χ3n) is 3.64. The van der Waals surface area contributed by atoms with Gasteiger partial charge in [-0.05, 0) is 44.4 Å². The Morgan fingerprint density at radius 1 is 1.25 bits per heavy atom. The molecule has 3 heteroatoms. The zero-order chi connectivity index (χ0) is 12.0. The van der Waals surface area contributed by atoms with E-state index in [0.29, 0.717) is 12.6 Å². The average molecular weight is 226 g/mol. The molecular formula is C13H26N2O. The van der Waals surface area contributed by atoms with Crippen LogP contribution in [0.15, 0.2) is 0 Å². The third-order valence-corrected chi connectivity index (χ3v) is 3.64. The highest BCUT2D eigenvalue weighted by Crippen LogP contribution is 2.29. The fraction of sp³-hybridized carbons (Fsp3) is 0.923. The van der Waals surface area contributed by atoms with E-state index in [1.165, 1.54) is 25.7 Å². The number of hydrogen-bond donors (Lipinski definition) is 2. The summed E-state index contributed by atoms with van der Waals surface area (Å²) in [4.78, 5) is 11.3.